The van der Waals surface area contributed by atoms with E-state index in [1.165, 1.54) is 50.1 Å². The minimum atomic E-state index is -0.351. The number of fused-ring (bicyclic) bond motifs is 13. The Kier molecular flexibility index (Phi) is 7.49. The monoisotopic (exact) mass is 789 g/mol. The molecule has 2 aliphatic rings. The van der Waals surface area contributed by atoms with Crippen LogP contribution in [-0.2, 0) is 5.41 Å². The predicted molar refractivity (Wildman–Crippen MR) is 251 cm³/mol. The summed E-state index contributed by atoms with van der Waals surface area (Å²) in [5.74, 6) is 1.88. The van der Waals surface area contributed by atoms with Crippen LogP contribution in [0.25, 0.3) is 101 Å². The van der Waals surface area contributed by atoms with Gasteiger partial charge >= 0.3 is 0 Å². The lowest BCUT2D eigenvalue weighted by Crippen LogP contribution is -2.25. The molecule has 2 aliphatic carbocycles. The second kappa shape index (κ2) is 13.4. The zero-order chi connectivity index (χ0) is 40.8. The van der Waals surface area contributed by atoms with E-state index in [2.05, 4.69) is 170 Å². The zero-order valence-electron chi connectivity index (χ0n) is 33.5. The highest BCUT2D eigenvalue weighted by Crippen LogP contribution is 2.63. The first-order valence-electron chi connectivity index (χ1n) is 21.1. The third kappa shape index (κ3) is 5.10. The topological polar surface area (TPSA) is 51.8 Å². The summed E-state index contributed by atoms with van der Waals surface area (Å²) in [5.41, 5.74) is 19.3. The van der Waals surface area contributed by atoms with Gasteiger partial charge in [0, 0.05) is 27.5 Å². The van der Waals surface area contributed by atoms with Gasteiger partial charge in [0.05, 0.1) is 5.41 Å². The highest BCUT2D eigenvalue weighted by molar-refractivity contribution is 6.06. The van der Waals surface area contributed by atoms with Gasteiger partial charge in [0.15, 0.2) is 17.5 Å². The molecule has 9 aromatic carbocycles. The van der Waals surface area contributed by atoms with Crippen LogP contribution in [0, 0.1) is 0 Å². The third-order valence-corrected chi connectivity index (χ3v) is 13.0. The molecular weight excluding hydrogens is 755 g/mol. The van der Waals surface area contributed by atoms with Gasteiger partial charge in [0.25, 0.3) is 0 Å². The molecule has 11 aromatic rings. The minimum absolute atomic E-state index is 0.351. The second-order valence-electron chi connectivity index (χ2n) is 16.3. The molecule has 2 aromatic heterocycles. The molecule has 0 bridgehead atoms. The van der Waals surface area contributed by atoms with Gasteiger partial charge in [-0.1, -0.05) is 182 Å². The Bertz CT molecular complexity index is 3540. The number of aromatic nitrogens is 3. The first-order valence-corrected chi connectivity index (χ1v) is 21.1. The van der Waals surface area contributed by atoms with Crippen molar-refractivity contribution in [1.82, 2.24) is 15.0 Å². The molecule has 0 aliphatic heterocycles. The fourth-order valence-corrected chi connectivity index (χ4v) is 10.2. The minimum Gasteiger partial charge on any atom is -0.456 e. The molecule has 4 heteroatoms. The molecule has 0 saturated heterocycles. The summed E-state index contributed by atoms with van der Waals surface area (Å²) < 4.78 is 6.12. The van der Waals surface area contributed by atoms with E-state index in [0.717, 1.165) is 55.3 Å². The molecule has 4 nitrogen and oxygen atoms in total. The maximum atomic E-state index is 6.12. The lowest BCUT2D eigenvalue weighted by molar-refractivity contribution is 0.669. The van der Waals surface area contributed by atoms with Gasteiger partial charge in [-0.15, -0.1) is 0 Å². The van der Waals surface area contributed by atoms with Crippen molar-refractivity contribution in [3.63, 3.8) is 0 Å². The molecule has 62 heavy (non-hydrogen) atoms. The summed E-state index contributed by atoms with van der Waals surface area (Å²) in [7, 11) is 0. The first-order chi connectivity index (χ1) is 30.7. The van der Waals surface area contributed by atoms with Crippen LogP contribution in [0.5, 0.6) is 0 Å². The standard InChI is InChI=1S/C58H35N3O/c1-2-13-37(14-3-1)55-59-56(61-57(60-55)42-16-12-15-39(33-42)41-30-32-54-48(35-41)46-20-7-11-24-53(46)62-54)38-27-25-36(26-28-38)40-29-31-52-47(34-40)45-19-6-10-23-51(45)58(52)49-21-8-4-17-43(49)44-18-5-9-22-50(44)58/h1-35H. The number of benzene rings is 9. The average Bonchev–Trinajstić information content (AvgIpc) is 3.98. The van der Waals surface area contributed by atoms with Crippen molar-refractivity contribution in [3.8, 4) is 78.7 Å². The van der Waals surface area contributed by atoms with E-state index in [1.54, 1.807) is 0 Å². The molecule has 288 valence electrons. The Morgan fingerprint density at radius 2 is 0.726 bits per heavy atom. The molecular formula is C58H35N3O. The SMILES string of the molecule is c1ccc(-c2nc(-c3ccc(-c4ccc5c(c4)-c4ccccc4C54c5ccccc5-c5ccccc54)cc3)nc(-c3cccc(-c4ccc5oc6ccccc6c5c4)c3)n2)cc1. The van der Waals surface area contributed by atoms with Crippen LogP contribution >= 0.6 is 0 Å². The van der Waals surface area contributed by atoms with Crippen molar-refractivity contribution in [2.75, 3.05) is 0 Å². The van der Waals surface area contributed by atoms with Crippen LogP contribution in [0.15, 0.2) is 217 Å². The summed E-state index contributed by atoms with van der Waals surface area (Å²) in [6.45, 7) is 0. The van der Waals surface area contributed by atoms with Crippen molar-refractivity contribution in [2.45, 2.75) is 5.41 Å². The van der Waals surface area contributed by atoms with Crippen molar-refractivity contribution in [1.29, 1.82) is 0 Å². The molecule has 2 heterocycles. The normalized spacial score (nSPS) is 13.0. The highest BCUT2D eigenvalue weighted by Gasteiger charge is 2.51. The Morgan fingerprint density at radius 1 is 0.274 bits per heavy atom. The number of para-hydroxylation sites is 1. The molecule has 13 rings (SSSR count). The quantitative estimate of drug-likeness (QED) is 0.174. The Balaban J connectivity index is 0.889. The summed E-state index contributed by atoms with van der Waals surface area (Å²) >= 11 is 0. The van der Waals surface area contributed by atoms with Gasteiger partial charge in [0.2, 0.25) is 0 Å². The molecule has 1 spiro atoms. The summed E-state index contributed by atoms with van der Waals surface area (Å²) in [5, 5.41) is 2.21. The van der Waals surface area contributed by atoms with Gasteiger partial charge in [-0.05, 0) is 97.1 Å². The number of hydrogen-bond donors (Lipinski definition) is 0. The predicted octanol–water partition coefficient (Wildman–Crippen LogP) is 14.4. The fourth-order valence-electron chi connectivity index (χ4n) is 10.2. The molecule has 0 radical (unpaired) electrons. The number of hydrogen-bond acceptors (Lipinski definition) is 4. The van der Waals surface area contributed by atoms with Crippen LogP contribution in [0.2, 0.25) is 0 Å². The fraction of sp³-hybridized carbons (Fsp3) is 0.0172. The summed E-state index contributed by atoms with van der Waals surface area (Å²) in [4.78, 5) is 15.2. The maximum absolute atomic E-state index is 6.12. The maximum Gasteiger partial charge on any atom is 0.164 e. The van der Waals surface area contributed by atoms with Gasteiger partial charge < -0.3 is 4.42 Å². The van der Waals surface area contributed by atoms with Gasteiger partial charge in [-0.3, -0.25) is 0 Å². The zero-order valence-corrected chi connectivity index (χ0v) is 33.5. The molecule has 0 atom stereocenters. The van der Waals surface area contributed by atoms with E-state index in [4.69, 9.17) is 19.4 Å². The Hall–Kier alpha value is -8.21. The Morgan fingerprint density at radius 3 is 1.44 bits per heavy atom. The summed E-state index contributed by atoms with van der Waals surface area (Å²) in [6, 6.07) is 75.7. The number of furan rings is 1. The van der Waals surface area contributed by atoms with E-state index in [9.17, 15) is 0 Å². The average molecular weight is 790 g/mol. The van der Waals surface area contributed by atoms with Crippen LogP contribution in [0.3, 0.4) is 0 Å². The smallest absolute Gasteiger partial charge is 0.164 e. The van der Waals surface area contributed by atoms with E-state index < -0.39 is 0 Å². The molecule has 0 unspecified atom stereocenters. The van der Waals surface area contributed by atoms with E-state index in [1.807, 2.05) is 42.5 Å². The summed E-state index contributed by atoms with van der Waals surface area (Å²) in [6.07, 6.45) is 0. The molecule has 0 saturated carbocycles. The van der Waals surface area contributed by atoms with Crippen LogP contribution in [0.4, 0.5) is 0 Å². The van der Waals surface area contributed by atoms with Crippen LogP contribution in [-0.4, -0.2) is 15.0 Å². The van der Waals surface area contributed by atoms with E-state index in [0.29, 0.717) is 17.5 Å². The molecule has 0 N–H and O–H groups in total. The second-order valence-corrected chi connectivity index (χ2v) is 16.3. The van der Waals surface area contributed by atoms with Gasteiger partial charge in [-0.2, -0.15) is 0 Å². The van der Waals surface area contributed by atoms with Gasteiger partial charge in [0.1, 0.15) is 11.2 Å². The van der Waals surface area contributed by atoms with Gasteiger partial charge in [-0.25, -0.2) is 15.0 Å². The number of nitrogens with zero attached hydrogens (tertiary/aromatic N) is 3. The number of rotatable bonds is 5. The highest BCUT2D eigenvalue weighted by atomic mass is 16.3. The third-order valence-electron chi connectivity index (χ3n) is 13.0. The molecule has 0 fully saturated rings. The lowest BCUT2D eigenvalue weighted by Gasteiger charge is -2.30. The van der Waals surface area contributed by atoms with Crippen molar-refractivity contribution < 1.29 is 4.42 Å². The van der Waals surface area contributed by atoms with E-state index in [-0.39, 0.29) is 5.41 Å². The lowest BCUT2D eigenvalue weighted by atomic mass is 9.70. The van der Waals surface area contributed by atoms with Crippen molar-refractivity contribution >= 4 is 21.9 Å². The van der Waals surface area contributed by atoms with E-state index >= 15 is 0 Å². The molecule has 0 amide bonds. The first kappa shape index (κ1) is 34.6. The van der Waals surface area contributed by atoms with Crippen molar-refractivity contribution in [3.05, 3.63) is 235 Å². The van der Waals surface area contributed by atoms with Crippen LogP contribution in [0.1, 0.15) is 22.3 Å². The van der Waals surface area contributed by atoms with Crippen molar-refractivity contribution in [2.24, 2.45) is 0 Å². The van der Waals surface area contributed by atoms with Crippen LogP contribution < -0.4 is 0 Å². The Labute approximate surface area is 358 Å². The largest absolute Gasteiger partial charge is 0.456 e.